The summed E-state index contributed by atoms with van der Waals surface area (Å²) in [5.41, 5.74) is 7.49. The van der Waals surface area contributed by atoms with Crippen LogP contribution in [0.15, 0.2) is 41.3 Å². The molecule has 1 aliphatic rings. The number of nitrogen functional groups attached to an aromatic ring is 1. The topological polar surface area (TPSA) is 88.7 Å². The fraction of sp³-hybridized carbons (Fsp3) is 0.500. The molecule has 1 saturated heterocycles. The van der Waals surface area contributed by atoms with Crippen LogP contribution in [0.5, 0.6) is 0 Å². The van der Waals surface area contributed by atoms with Crippen LogP contribution in [0.3, 0.4) is 0 Å². The average molecular weight is 387 g/mol. The molecule has 0 bridgehead atoms. The van der Waals surface area contributed by atoms with Crippen LogP contribution in [0.2, 0.25) is 0 Å². The molecule has 8 heteroatoms. The van der Waals surface area contributed by atoms with Gasteiger partial charge in [-0.25, -0.2) is 4.68 Å². The molecule has 0 unspecified atom stereocenters. The minimum Gasteiger partial charge on any atom is -0.396 e. The van der Waals surface area contributed by atoms with E-state index in [1.165, 1.54) is 10.9 Å². The van der Waals surface area contributed by atoms with E-state index in [0.717, 1.165) is 31.7 Å². The lowest BCUT2D eigenvalue weighted by Crippen LogP contribution is -2.50. The minimum absolute atomic E-state index is 0.0791. The zero-order chi connectivity index (χ0) is 19.9. The summed E-state index contributed by atoms with van der Waals surface area (Å²) in [5.74, 6) is 0. The van der Waals surface area contributed by atoms with Crippen molar-refractivity contribution in [1.82, 2.24) is 19.6 Å². The van der Waals surface area contributed by atoms with E-state index >= 15 is 0 Å². The van der Waals surface area contributed by atoms with Crippen molar-refractivity contribution in [2.75, 3.05) is 43.9 Å². The molecule has 2 heterocycles. The standard InChI is InChI=1S/C20H30N6O2/c1-16(2)25-10-8-24(9-11-25)14-22-19-18(21)12-23-26(20(19)27)15-28-13-17-6-4-3-5-7-17/h3-7,12,16,22H,8-11,13-15,21H2,1-2H3. The van der Waals surface area contributed by atoms with Gasteiger partial charge in [0, 0.05) is 32.2 Å². The number of nitrogens with two attached hydrogens (primary N) is 1. The van der Waals surface area contributed by atoms with Gasteiger partial charge in [0.15, 0.2) is 0 Å². The molecule has 3 rings (SSSR count). The lowest BCUT2D eigenvalue weighted by Gasteiger charge is -2.37. The van der Waals surface area contributed by atoms with Gasteiger partial charge in [-0.15, -0.1) is 0 Å². The van der Waals surface area contributed by atoms with E-state index in [1.807, 2.05) is 30.3 Å². The molecule has 0 aliphatic carbocycles. The molecule has 1 aromatic carbocycles. The normalized spacial score (nSPS) is 15.8. The first-order valence-corrected chi connectivity index (χ1v) is 9.72. The summed E-state index contributed by atoms with van der Waals surface area (Å²) in [7, 11) is 0. The highest BCUT2D eigenvalue weighted by Crippen LogP contribution is 2.12. The van der Waals surface area contributed by atoms with Crippen LogP contribution in [0, 0.1) is 0 Å². The molecule has 28 heavy (non-hydrogen) atoms. The summed E-state index contributed by atoms with van der Waals surface area (Å²) in [4.78, 5) is 17.4. The van der Waals surface area contributed by atoms with E-state index in [9.17, 15) is 4.79 Å². The largest absolute Gasteiger partial charge is 0.396 e. The molecule has 1 aromatic heterocycles. The van der Waals surface area contributed by atoms with Crippen molar-refractivity contribution >= 4 is 11.4 Å². The van der Waals surface area contributed by atoms with Gasteiger partial charge in [-0.05, 0) is 19.4 Å². The highest BCUT2D eigenvalue weighted by molar-refractivity contribution is 5.63. The lowest BCUT2D eigenvalue weighted by molar-refractivity contribution is 0.0530. The summed E-state index contributed by atoms with van der Waals surface area (Å²) in [6.45, 7) is 9.50. The summed E-state index contributed by atoms with van der Waals surface area (Å²) < 4.78 is 6.92. The maximum atomic E-state index is 12.7. The molecule has 0 saturated carbocycles. The van der Waals surface area contributed by atoms with E-state index in [0.29, 0.717) is 30.7 Å². The van der Waals surface area contributed by atoms with E-state index < -0.39 is 0 Å². The van der Waals surface area contributed by atoms with Gasteiger partial charge in [0.1, 0.15) is 12.4 Å². The third kappa shape index (κ3) is 5.31. The number of hydrogen-bond acceptors (Lipinski definition) is 7. The molecule has 8 nitrogen and oxygen atoms in total. The maximum Gasteiger partial charge on any atom is 0.294 e. The van der Waals surface area contributed by atoms with Crippen LogP contribution in [-0.2, 0) is 18.1 Å². The second kappa shape index (κ2) is 9.68. The van der Waals surface area contributed by atoms with Gasteiger partial charge >= 0.3 is 0 Å². The van der Waals surface area contributed by atoms with Crippen molar-refractivity contribution in [2.45, 2.75) is 33.2 Å². The number of piperazine rings is 1. The monoisotopic (exact) mass is 386 g/mol. The zero-order valence-corrected chi connectivity index (χ0v) is 16.7. The minimum atomic E-state index is -0.270. The van der Waals surface area contributed by atoms with Crippen molar-refractivity contribution in [3.63, 3.8) is 0 Å². The number of aromatic nitrogens is 2. The Kier molecular flexibility index (Phi) is 7.02. The lowest BCUT2D eigenvalue weighted by atomic mass is 10.2. The molecule has 0 atom stereocenters. The quantitative estimate of drug-likeness (QED) is 0.709. The van der Waals surface area contributed by atoms with Gasteiger partial charge < -0.3 is 15.8 Å². The number of nitrogens with zero attached hydrogens (tertiary/aromatic N) is 4. The SMILES string of the molecule is CC(C)N1CCN(CNc2c(N)cnn(COCc3ccccc3)c2=O)CC1. The number of nitrogens with one attached hydrogen (secondary N) is 1. The van der Waals surface area contributed by atoms with Crippen molar-refractivity contribution in [1.29, 1.82) is 0 Å². The molecule has 1 aliphatic heterocycles. The molecule has 3 N–H and O–H groups in total. The van der Waals surface area contributed by atoms with Crippen LogP contribution < -0.4 is 16.6 Å². The van der Waals surface area contributed by atoms with Crippen LogP contribution in [0.4, 0.5) is 11.4 Å². The molecular weight excluding hydrogens is 356 g/mol. The van der Waals surface area contributed by atoms with E-state index in [-0.39, 0.29) is 12.3 Å². The average Bonchev–Trinajstić information content (AvgIpc) is 2.71. The molecule has 0 spiro atoms. The Morgan fingerprint density at radius 2 is 1.89 bits per heavy atom. The number of anilines is 2. The first-order valence-electron chi connectivity index (χ1n) is 9.72. The molecule has 152 valence electrons. The summed E-state index contributed by atoms with van der Waals surface area (Å²) in [6, 6.07) is 10.4. The van der Waals surface area contributed by atoms with E-state index in [2.05, 4.69) is 34.1 Å². The third-order valence-electron chi connectivity index (χ3n) is 5.01. The number of hydrogen-bond donors (Lipinski definition) is 2. The molecule has 0 amide bonds. The Labute approximate surface area is 165 Å². The van der Waals surface area contributed by atoms with Crippen LogP contribution in [0.1, 0.15) is 19.4 Å². The Morgan fingerprint density at radius 1 is 1.18 bits per heavy atom. The number of ether oxygens (including phenoxy) is 1. The van der Waals surface area contributed by atoms with Crippen LogP contribution in [0.25, 0.3) is 0 Å². The van der Waals surface area contributed by atoms with Crippen LogP contribution >= 0.6 is 0 Å². The van der Waals surface area contributed by atoms with Crippen molar-refractivity contribution in [3.8, 4) is 0 Å². The smallest absolute Gasteiger partial charge is 0.294 e. The molecular formula is C20H30N6O2. The van der Waals surface area contributed by atoms with Gasteiger partial charge in [0.2, 0.25) is 0 Å². The molecule has 2 aromatic rings. The van der Waals surface area contributed by atoms with Crippen molar-refractivity contribution < 1.29 is 4.74 Å². The Balaban J connectivity index is 1.55. The van der Waals surface area contributed by atoms with Gasteiger partial charge in [-0.3, -0.25) is 14.6 Å². The Bertz CT molecular complexity index is 800. The highest BCUT2D eigenvalue weighted by Gasteiger charge is 2.19. The highest BCUT2D eigenvalue weighted by atomic mass is 16.5. The van der Waals surface area contributed by atoms with Gasteiger partial charge in [0.25, 0.3) is 5.56 Å². The van der Waals surface area contributed by atoms with Gasteiger partial charge in [-0.1, -0.05) is 30.3 Å². The van der Waals surface area contributed by atoms with Gasteiger partial charge in [0.05, 0.1) is 25.2 Å². The number of rotatable bonds is 8. The Hall–Kier alpha value is -2.42. The first-order chi connectivity index (χ1) is 13.5. The summed E-state index contributed by atoms with van der Waals surface area (Å²) in [5, 5.41) is 7.28. The summed E-state index contributed by atoms with van der Waals surface area (Å²) in [6.07, 6.45) is 1.49. The summed E-state index contributed by atoms with van der Waals surface area (Å²) >= 11 is 0. The molecule has 0 radical (unpaired) electrons. The second-order valence-corrected chi connectivity index (χ2v) is 7.33. The fourth-order valence-electron chi connectivity index (χ4n) is 3.22. The number of benzene rings is 1. The van der Waals surface area contributed by atoms with Crippen LogP contribution in [-0.4, -0.2) is 58.5 Å². The Morgan fingerprint density at radius 3 is 2.57 bits per heavy atom. The maximum absolute atomic E-state index is 12.7. The second-order valence-electron chi connectivity index (χ2n) is 7.33. The fourth-order valence-corrected chi connectivity index (χ4v) is 3.22. The van der Waals surface area contributed by atoms with E-state index in [4.69, 9.17) is 10.5 Å². The predicted molar refractivity (Wildman–Crippen MR) is 111 cm³/mol. The third-order valence-corrected chi connectivity index (χ3v) is 5.01. The zero-order valence-electron chi connectivity index (χ0n) is 16.7. The van der Waals surface area contributed by atoms with Gasteiger partial charge in [-0.2, -0.15) is 5.10 Å². The van der Waals surface area contributed by atoms with Crippen molar-refractivity contribution in [2.24, 2.45) is 0 Å². The predicted octanol–water partition coefficient (Wildman–Crippen LogP) is 1.40. The van der Waals surface area contributed by atoms with Crippen molar-refractivity contribution in [3.05, 3.63) is 52.4 Å². The molecule has 1 fully saturated rings. The van der Waals surface area contributed by atoms with E-state index in [1.54, 1.807) is 0 Å². The first kappa shape index (κ1) is 20.3.